The van der Waals surface area contributed by atoms with E-state index in [1.807, 2.05) is 11.8 Å². The molecule has 0 spiro atoms. The molecular weight excluding hydrogens is 319 g/mol. The maximum absolute atomic E-state index is 13.2. The standard InChI is InChI=1S/C17H18F3N3O/c1-2-21-16(24)11-7-9-23(10-11)14-6-8-22-15-12(14)4-3-5-13(15)17(18,19)20/h3-6,8,11H,2,7,9-10H2,1H3,(H,21,24). The van der Waals surface area contributed by atoms with Gasteiger partial charge >= 0.3 is 6.18 Å². The van der Waals surface area contributed by atoms with Crippen molar-refractivity contribution in [3.8, 4) is 0 Å². The van der Waals surface area contributed by atoms with Gasteiger partial charge in [0, 0.05) is 36.9 Å². The van der Waals surface area contributed by atoms with E-state index in [4.69, 9.17) is 0 Å². The highest BCUT2D eigenvalue weighted by molar-refractivity contribution is 5.94. The molecule has 4 nitrogen and oxygen atoms in total. The summed E-state index contributed by atoms with van der Waals surface area (Å²) in [7, 11) is 0. The molecule has 0 aliphatic carbocycles. The van der Waals surface area contributed by atoms with E-state index in [0.29, 0.717) is 37.1 Å². The summed E-state index contributed by atoms with van der Waals surface area (Å²) in [5, 5.41) is 3.26. The lowest BCUT2D eigenvalue weighted by Gasteiger charge is -2.21. The minimum atomic E-state index is -4.44. The van der Waals surface area contributed by atoms with Crippen molar-refractivity contribution in [3.63, 3.8) is 0 Å². The number of hydrogen-bond acceptors (Lipinski definition) is 3. The summed E-state index contributed by atoms with van der Waals surface area (Å²) < 4.78 is 39.5. The molecule has 1 fully saturated rings. The van der Waals surface area contributed by atoms with Gasteiger partial charge in [-0.25, -0.2) is 0 Å². The molecule has 1 saturated heterocycles. The highest BCUT2D eigenvalue weighted by Gasteiger charge is 2.34. The first-order valence-corrected chi connectivity index (χ1v) is 7.89. The number of carbonyl (C=O) groups is 1. The van der Waals surface area contributed by atoms with Gasteiger partial charge in [0.1, 0.15) is 0 Å². The van der Waals surface area contributed by atoms with Crippen LogP contribution in [0.4, 0.5) is 18.9 Å². The lowest BCUT2D eigenvalue weighted by Crippen LogP contribution is -2.32. The van der Waals surface area contributed by atoms with Crippen LogP contribution in [0.1, 0.15) is 18.9 Å². The van der Waals surface area contributed by atoms with Crippen molar-refractivity contribution >= 4 is 22.5 Å². The Balaban J connectivity index is 1.96. The van der Waals surface area contributed by atoms with E-state index in [2.05, 4.69) is 10.3 Å². The zero-order chi connectivity index (χ0) is 17.3. The first-order valence-electron chi connectivity index (χ1n) is 7.89. The van der Waals surface area contributed by atoms with Gasteiger partial charge in [-0.05, 0) is 25.5 Å². The van der Waals surface area contributed by atoms with Crippen LogP contribution in [0.25, 0.3) is 10.9 Å². The number of halogens is 3. The van der Waals surface area contributed by atoms with Gasteiger partial charge in [-0.3, -0.25) is 9.78 Å². The minimum Gasteiger partial charge on any atom is -0.370 e. The average molecular weight is 337 g/mol. The number of alkyl halides is 3. The third-order valence-corrected chi connectivity index (χ3v) is 4.30. The molecule has 3 rings (SSSR count). The van der Waals surface area contributed by atoms with Crippen molar-refractivity contribution in [2.24, 2.45) is 5.92 Å². The molecule has 1 N–H and O–H groups in total. The number of nitrogens with one attached hydrogen (secondary N) is 1. The zero-order valence-electron chi connectivity index (χ0n) is 13.2. The van der Waals surface area contributed by atoms with Crippen molar-refractivity contribution in [2.45, 2.75) is 19.5 Å². The minimum absolute atomic E-state index is 0.00524. The van der Waals surface area contributed by atoms with Crippen LogP contribution in [0.15, 0.2) is 30.5 Å². The molecule has 0 radical (unpaired) electrons. The smallest absolute Gasteiger partial charge is 0.370 e. The number of nitrogens with zero attached hydrogens (tertiary/aromatic N) is 2. The normalized spacial score (nSPS) is 18.2. The summed E-state index contributed by atoms with van der Waals surface area (Å²) in [6, 6.07) is 5.79. The molecule has 24 heavy (non-hydrogen) atoms. The van der Waals surface area contributed by atoms with Crippen LogP contribution >= 0.6 is 0 Å². The highest BCUT2D eigenvalue weighted by atomic mass is 19.4. The van der Waals surface area contributed by atoms with Gasteiger partial charge in [0.05, 0.1) is 17.0 Å². The Hall–Kier alpha value is -2.31. The molecule has 1 aliphatic rings. The topological polar surface area (TPSA) is 45.2 Å². The van der Waals surface area contributed by atoms with Crippen LogP contribution in [0.2, 0.25) is 0 Å². The second-order valence-electron chi connectivity index (χ2n) is 5.86. The Labute approximate surface area is 137 Å². The Bertz CT molecular complexity index is 760. The lowest BCUT2D eigenvalue weighted by molar-refractivity contribution is -0.136. The fourth-order valence-electron chi connectivity index (χ4n) is 3.18. The summed E-state index contributed by atoms with van der Waals surface area (Å²) in [4.78, 5) is 17.9. The third-order valence-electron chi connectivity index (χ3n) is 4.30. The van der Waals surface area contributed by atoms with E-state index in [0.717, 1.165) is 6.07 Å². The van der Waals surface area contributed by atoms with Crippen molar-refractivity contribution in [3.05, 3.63) is 36.0 Å². The molecule has 1 atom stereocenters. The number of amides is 1. The number of benzene rings is 1. The Morgan fingerprint density at radius 3 is 2.88 bits per heavy atom. The van der Waals surface area contributed by atoms with Crippen LogP contribution in [0.3, 0.4) is 0 Å². The van der Waals surface area contributed by atoms with E-state index in [1.54, 1.807) is 12.1 Å². The molecule has 1 aliphatic heterocycles. The molecule has 1 aromatic heterocycles. The predicted molar refractivity (Wildman–Crippen MR) is 85.7 cm³/mol. The summed E-state index contributed by atoms with van der Waals surface area (Å²) in [5.41, 5.74) is -0.0943. The van der Waals surface area contributed by atoms with Gasteiger partial charge < -0.3 is 10.2 Å². The molecule has 1 unspecified atom stereocenters. The fourth-order valence-corrected chi connectivity index (χ4v) is 3.18. The Kier molecular flexibility index (Phi) is 4.34. The molecule has 1 aromatic carbocycles. The van der Waals surface area contributed by atoms with E-state index in [-0.39, 0.29) is 17.3 Å². The van der Waals surface area contributed by atoms with Gasteiger partial charge in [0.2, 0.25) is 5.91 Å². The largest absolute Gasteiger partial charge is 0.418 e. The molecule has 0 bridgehead atoms. The number of hydrogen-bond donors (Lipinski definition) is 1. The van der Waals surface area contributed by atoms with E-state index >= 15 is 0 Å². The lowest BCUT2D eigenvalue weighted by atomic mass is 10.1. The van der Waals surface area contributed by atoms with E-state index < -0.39 is 11.7 Å². The van der Waals surface area contributed by atoms with Crippen LogP contribution in [0.5, 0.6) is 0 Å². The predicted octanol–water partition coefficient (Wildman–Crippen LogP) is 3.22. The Morgan fingerprint density at radius 1 is 1.38 bits per heavy atom. The van der Waals surface area contributed by atoms with Crippen molar-refractivity contribution < 1.29 is 18.0 Å². The SMILES string of the molecule is CCNC(=O)C1CCN(c2ccnc3c(C(F)(F)F)cccc23)C1. The van der Waals surface area contributed by atoms with Gasteiger partial charge in [0.25, 0.3) is 0 Å². The number of rotatable bonds is 3. The van der Waals surface area contributed by atoms with Gasteiger partial charge in [0.15, 0.2) is 0 Å². The molecule has 2 heterocycles. The summed E-state index contributed by atoms with van der Waals surface area (Å²) in [6.07, 6.45) is -2.36. The summed E-state index contributed by atoms with van der Waals surface area (Å²) in [5.74, 6) is -0.145. The molecular formula is C17H18F3N3O. The van der Waals surface area contributed by atoms with Crippen LogP contribution in [-0.2, 0) is 11.0 Å². The molecule has 128 valence electrons. The van der Waals surface area contributed by atoms with Crippen molar-refractivity contribution in [1.29, 1.82) is 0 Å². The quantitative estimate of drug-likeness (QED) is 0.935. The molecule has 2 aromatic rings. The van der Waals surface area contributed by atoms with Crippen molar-refractivity contribution in [1.82, 2.24) is 10.3 Å². The van der Waals surface area contributed by atoms with E-state index in [9.17, 15) is 18.0 Å². The zero-order valence-corrected chi connectivity index (χ0v) is 13.2. The number of carbonyl (C=O) groups excluding carboxylic acids is 1. The number of pyridine rings is 1. The van der Waals surface area contributed by atoms with Gasteiger partial charge in [-0.15, -0.1) is 0 Å². The average Bonchev–Trinajstić information content (AvgIpc) is 3.03. The van der Waals surface area contributed by atoms with E-state index in [1.165, 1.54) is 12.3 Å². The van der Waals surface area contributed by atoms with Crippen LogP contribution in [-0.4, -0.2) is 30.5 Å². The Morgan fingerprint density at radius 2 is 2.17 bits per heavy atom. The second kappa shape index (κ2) is 6.30. The first kappa shape index (κ1) is 16.5. The van der Waals surface area contributed by atoms with Crippen LogP contribution in [0, 0.1) is 5.92 Å². The maximum Gasteiger partial charge on any atom is 0.418 e. The number of anilines is 1. The summed E-state index contributed by atoms with van der Waals surface area (Å²) in [6.45, 7) is 3.57. The monoisotopic (exact) mass is 337 g/mol. The maximum atomic E-state index is 13.2. The molecule has 7 heteroatoms. The summed E-state index contributed by atoms with van der Waals surface area (Å²) >= 11 is 0. The van der Waals surface area contributed by atoms with Gasteiger partial charge in [-0.2, -0.15) is 13.2 Å². The fraction of sp³-hybridized carbons (Fsp3) is 0.412. The van der Waals surface area contributed by atoms with Crippen molar-refractivity contribution in [2.75, 3.05) is 24.5 Å². The number of aromatic nitrogens is 1. The number of para-hydroxylation sites is 1. The molecule has 0 saturated carbocycles. The molecule has 1 amide bonds. The first-order chi connectivity index (χ1) is 11.4. The van der Waals surface area contributed by atoms with Gasteiger partial charge in [-0.1, -0.05) is 12.1 Å². The highest BCUT2D eigenvalue weighted by Crippen LogP contribution is 2.37. The van der Waals surface area contributed by atoms with Crippen LogP contribution < -0.4 is 10.2 Å². The second-order valence-corrected chi connectivity index (χ2v) is 5.86. The number of fused-ring (bicyclic) bond motifs is 1. The third kappa shape index (κ3) is 3.02.